The molecule has 2 N–H and O–H groups in total. The molecule has 0 aliphatic carbocycles. The third-order valence-electron chi connectivity index (χ3n) is 2.79. The molecule has 4 heteroatoms. The van der Waals surface area contributed by atoms with E-state index in [0.29, 0.717) is 5.82 Å². The number of hydrogen-bond acceptors (Lipinski definition) is 3. The zero-order valence-electron chi connectivity index (χ0n) is 9.50. The predicted octanol–water partition coefficient (Wildman–Crippen LogP) is 1.25. The maximum atomic E-state index is 11.9. The van der Waals surface area contributed by atoms with E-state index in [1.807, 2.05) is 26.0 Å². The lowest BCUT2D eigenvalue weighted by Gasteiger charge is -2.21. The fraction of sp³-hybridized carbons (Fsp3) is 0.333. The van der Waals surface area contributed by atoms with Crippen molar-refractivity contribution in [3.05, 3.63) is 35.0 Å². The second kappa shape index (κ2) is 4.45. The Kier molecular flexibility index (Phi) is 3.01. The summed E-state index contributed by atoms with van der Waals surface area (Å²) in [7, 11) is 0. The van der Waals surface area contributed by atoms with Crippen LogP contribution >= 0.6 is 0 Å². The molecule has 1 amide bonds. The Morgan fingerprint density at radius 1 is 1.50 bits per heavy atom. The van der Waals surface area contributed by atoms with Crippen LogP contribution in [0, 0.1) is 6.92 Å². The number of nitrogens with one attached hydrogen (secondary N) is 2. The molecule has 0 atom stereocenters. The van der Waals surface area contributed by atoms with E-state index in [1.54, 1.807) is 6.20 Å². The Morgan fingerprint density at radius 2 is 2.25 bits per heavy atom. The van der Waals surface area contributed by atoms with E-state index in [-0.39, 0.29) is 5.91 Å². The fourth-order valence-electron chi connectivity index (χ4n) is 1.49. The smallest absolute Gasteiger partial charge is 0.252 e. The molecule has 1 saturated heterocycles. The van der Waals surface area contributed by atoms with Gasteiger partial charge in [-0.05, 0) is 31.1 Å². The number of anilines is 1. The van der Waals surface area contributed by atoms with Crippen molar-refractivity contribution in [3.63, 3.8) is 0 Å². The largest absolute Gasteiger partial charge is 0.309 e. The van der Waals surface area contributed by atoms with Crippen molar-refractivity contribution in [1.82, 2.24) is 10.3 Å². The van der Waals surface area contributed by atoms with Crippen LogP contribution in [-0.4, -0.2) is 24.0 Å². The highest BCUT2D eigenvalue weighted by molar-refractivity contribution is 6.03. The van der Waals surface area contributed by atoms with Gasteiger partial charge in [0.15, 0.2) is 0 Å². The molecule has 2 heterocycles. The first kappa shape index (κ1) is 10.8. The molecule has 1 aromatic heterocycles. The van der Waals surface area contributed by atoms with Crippen molar-refractivity contribution in [2.75, 3.05) is 18.4 Å². The monoisotopic (exact) mass is 217 g/mol. The molecule has 4 nitrogen and oxygen atoms in total. The second-order valence-electron chi connectivity index (χ2n) is 3.96. The van der Waals surface area contributed by atoms with Crippen LogP contribution in [0.2, 0.25) is 0 Å². The summed E-state index contributed by atoms with van der Waals surface area (Å²) < 4.78 is 0. The lowest BCUT2D eigenvalue weighted by atomic mass is 10.0. The minimum Gasteiger partial charge on any atom is -0.309 e. The van der Waals surface area contributed by atoms with Gasteiger partial charge in [0.2, 0.25) is 0 Å². The Labute approximate surface area is 94.8 Å². The molecule has 1 aliphatic rings. The molecular weight excluding hydrogens is 202 g/mol. The lowest BCUT2D eigenvalue weighted by molar-refractivity contribution is -0.112. The van der Waals surface area contributed by atoms with Gasteiger partial charge in [-0.15, -0.1) is 0 Å². The number of carbonyl (C=O) groups excluding carboxylic acids is 1. The van der Waals surface area contributed by atoms with Crippen molar-refractivity contribution in [1.29, 1.82) is 0 Å². The number of hydrogen-bond donors (Lipinski definition) is 2. The predicted molar refractivity (Wildman–Crippen MR) is 63.2 cm³/mol. The molecule has 0 saturated carbocycles. The van der Waals surface area contributed by atoms with Gasteiger partial charge in [-0.2, -0.15) is 0 Å². The van der Waals surface area contributed by atoms with Crippen molar-refractivity contribution in [3.8, 4) is 0 Å². The van der Waals surface area contributed by atoms with Crippen molar-refractivity contribution < 1.29 is 4.79 Å². The number of nitrogens with zero attached hydrogens (tertiary/aromatic N) is 1. The fourth-order valence-corrected chi connectivity index (χ4v) is 1.49. The molecule has 84 valence electrons. The maximum Gasteiger partial charge on any atom is 0.252 e. The summed E-state index contributed by atoms with van der Waals surface area (Å²) in [6.45, 7) is 5.42. The molecule has 16 heavy (non-hydrogen) atoms. The Morgan fingerprint density at radius 3 is 2.81 bits per heavy atom. The van der Waals surface area contributed by atoms with Crippen LogP contribution in [0.25, 0.3) is 0 Å². The second-order valence-corrected chi connectivity index (χ2v) is 3.96. The summed E-state index contributed by atoms with van der Waals surface area (Å²) in [6.07, 6.45) is 1.68. The van der Waals surface area contributed by atoms with Crippen LogP contribution in [0.1, 0.15) is 12.5 Å². The standard InChI is InChI=1S/C12H15N3O/c1-8-4-3-5-14-11(8)15-12(16)9(2)10-6-13-7-10/h3-5,13H,6-7H2,1-2H3,(H,14,15,16). The Balaban J connectivity index is 2.11. The van der Waals surface area contributed by atoms with Gasteiger partial charge in [0.25, 0.3) is 5.91 Å². The average Bonchev–Trinajstić information content (AvgIpc) is 2.18. The number of aromatic nitrogens is 1. The first-order chi connectivity index (χ1) is 7.68. The molecule has 1 aliphatic heterocycles. The summed E-state index contributed by atoms with van der Waals surface area (Å²) in [5.74, 6) is 0.582. The number of pyridine rings is 1. The van der Waals surface area contributed by atoms with E-state index in [2.05, 4.69) is 15.6 Å². The van der Waals surface area contributed by atoms with E-state index in [1.165, 1.54) is 5.57 Å². The van der Waals surface area contributed by atoms with Crippen LogP contribution in [-0.2, 0) is 4.79 Å². The topological polar surface area (TPSA) is 54.0 Å². The Bertz CT molecular complexity index is 445. The zero-order valence-corrected chi connectivity index (χ0v) is 9.50. The van der Waals surface area contributed by atoms with Crippen LogP contribution in [0.5, 0.6) is 0 Å². The van der Waals surface area contributed by atoms with Crippen LogP contribution in [0.4, 0.5) is 5.82 Å². The summed E-state index contributed by atoms with van der Waals surface area (Å²) in [5, 5.41) is 5.94. The normalized spacial score (nSPS) is 14.2. The first-order valence-corrected chi connectivity index (χ1v) is 5.31. The molecule has 1 aromatic rings. The summed E-state index contributed by atoms with van der Waals surface area (Å²) in [6, 6.07) is 3.78. The molecule has 0 aromatic carbocycles. The number of aryl methyl sites for hydroxylation is 1. The number of carbonyl (C=O) groups is 1. The minimum atomic E-state index is -0.0571. The number of amides is 1. The van der Waals surface area contributed by atoms with Gasteiger partial charge in [-0.25, -0.2) is 4.98 Å². The van der Waals surface area contributed by atoms with Gasteiger partial charge >= 0.3 is 0 Å². The third-order valence-corrected chi connectivity index (χ3v) is 2.79. The molecular formula is C12H15N3O. The van der Waals surface area contributed by atoms with Gasteiger partial charge in [0.05, 0.1) is 0 Å². The van der Waals surface area contributed by atoms with Crippen molar-refractivity contribution >= 4 is 11.7 Å². The molecule has 0 unspecified atom stereocenters. The van der Waals surface area contributed by atoms with E-state index in [0.717, 1.165) is 24.2 Å². The molecule has 0 spiro atoms. The zero-order chi connectivity index (χ0) is 11.5. The molecule has 2 rings (SSSR count). The maximum absolute atomic E-state index is 11.9. The molecule has 1 fully saturated rings. The highest BCUT2D eigenvalue weighted by atomic mass is 16.1. The van der Waals surface area contributed by atoms with E-state index < -0.39 is 0 Å². The highest BCUT2D eigenvalue weighted by Crippen LogP contribution is 2.13. The summed E-state index contributed by atoms with van der Waals surface area (Å²) in [5.41, 5.74) is 2.94. The van der Waals surface area contributed by atoms with Gasteiger partial charge in [-0.3, -0.25) is 4.79 Å². The van der Waals surface area contributed by atoms with Gasteiger partial charge in [-0.1, -0.05) is 6.07 Å². The molecule has 0 bridgehead atoms. The lowest BCUT2D eigenvalue weighted by Crippen LogP contribution is -2.36. The van der Waals surface area contributed by atoms with E-state index in [9.17, 15) is 4.79 Å². The summed E-state index contributed by atoms with van der Waals surface area (Å²) in [4.78, 5) is 16.0. The van der Waals surface area contributed by atoms with Crippen LogP contribution in [0.3, 0.4) is 0 Å². The highest BCUT2D eigenvalue weighted by Gasteiger charge is 2.16. The van der Waals surface area contributed by atoms with Crippen molar-refractivity contribution in [2.24, 2.45) is 0 Å². The Hall–Kier alpha value is -1.68. The molecule has 0 radical (unpaired) electrons. The van der Waals surface area contributed by atoms with E-state index in [4.69, 9.17) is 0 Å². The van der Waals surface area contributed by atoms with Gasteiger partial charge < -0.3 is 10.6 Å². The first-order valence-electron chi connectivity index (χ1n) is 5.31. The van der Waals surface area contributed by atoms with E-state index >= 15 is 0 Å². The average molecular weight is 217 g/mol. The quantitative estimate of drug-likeness (QED) is 0.733. The van der Waals surface area contributed by atoms with Gasteiger partial charge in [0.1, 0.15) is 5.82 Å². The van der Waals surface area contributed by atoms with Gasteiger partial charge in [0, 0.05) is 24.9 Å². The van der Waals surface area contributed by atoms with Crippen LogP contribution < -0.4 is 10.6 Å². The third kappa shape index (κ3) is 2.12. The van der Waals surface area contributed by atoms with Crippen LogP contribution in [0.15, 0.2) is 29.5 Å². The van der Waals surface area contributed by atoms with Crippen molar-refractivity contribution in [2.45, 2.75) is 13.8 Å². The summed E-state index contributed by atoms with van der Waals surface area (Å²) >= 11 is 0. The SMILES string of the molecule is CC(C(=O)Nc1ncccc1C)=C1CNC1. The number of rotatable bonds is 2. The minimum absolute atomic E-state index is 0.0571.